The Balaban J connectivity index is 1.56. The van der Waals surface area contributed by atoms with E-state index in [1.165, 1.54) is 0 Å². The maximum Gasteiger partial charge on any atom is 0.150 e. The van der Waals surface area contributed by atoms with E-state index in [4.69, 9.17) is 4.74 Å². The largest absolute Gasteiger partial charge is 0.496 e. The lowest BCUT2D eigenvalue weighted by atomic mass is 10.1. The van der Waals surface area contributed by atoms with Crippen molar-refractivity contribution in [1.82, 2.24) is 19.9 Å². The average Bonchev–Trinajstić information content (AvgIpc) is 2.75. The van der Waals surface area contributed by atoms with Crippen LogP contribution >= 0.6 is 0 Å². The number of anilines is 2. The third-order valence-corrected chi connectivity index (χ3v) is 4.00. The lowest BCUT2D eigenvalue weighted by Crippen LogP contribution is -1.98. The minimum absolute atomic E-state index is 0.607. The summed E-state index contributed by atoms with van der Waals surface area (Å²) in [5.74, 6) is 2.10. The molecule has 0 saturated carbocycles. The van der Waals surface area contributed by atoms with Gasteiger partial charge >= 0.3 is 0 Å². The van der Waals surface area contributed by atoms with E-state index in [2.05, 4.69) is 25.3 Å². The van der Waals surface area contributed by atoms with Gasteiger partial charge in [0.1, 0.15) is 17.3 Å². The summed E-state index contributed by atoms with van der Waals surface area (Å²) in [7, 11) is 1.66. The van der Waals surface area contributed by atoms with Gasteiger partial charge in [-0.25, -0.2) is 9.97 Å². The zero-order valence-corrected chi connectivity index (χ0v) is 14.7. The highest BCUT2D eigenvalue weighted by atomic mass is 16.5. The molecule has 6 nitrogen and oxygen atoms in total. The molecule has 0 saturated heterocycles. The zero-order valence-electron chi connectivity index (χ0n) is 14.7. The number of rotatable bonds is 5. The van der Waals surface area contributed by atoms with Crippen LogP contribution in [0.5, 0.6) is 5.75 Å². The van der Waals surface area contributed by atoms with Crippen LogP contribution in [0.2, 0.25) is 0 Å². The Morgan fingerprint density at radius 2 is 1.67 bits per heavy atom. The van der Waals surface area contributed by atoms with Gasteiger partial charge in [-0.3, -0.25) is 9.97 Å². The topological polar surface area (TPSA) is 72.8 Å². The maximum atomic E-state index is 5.41. The molecular formula is C21H17N5O. The Hall–Kier alpha value is -3.80. The normalized spacial score (nSPS) is 10.4. The van der Waals surface area contributed by atoms with E-state index in [0.717, 1.165) is 22.6 Å². The summed E-state index contributed by atoms with van der Waals surface area (Å²) >= 11 is 0. The summed E-state index contributed by atoms with van der Waals surface area (Å²) in [6.45, 7) is 0. The van der Waals surface area contributed by atoms with Crippen molar-refractivity contribution >= 4 is 11.6 Å². The van der Waals surface area contributed by atoms with Gasteiger partial charge in [0.2, 0.25) is 0 Å². The van der Waals surface area contributed by atoms with Crippen LogP contribution in [0.15, 0.2) is 79.4 Å². The molecule has 1 aromatic carbocycles. The number of methoxy groups -OCH3 is 1. The number of benzene rings is 1. The van der Waals surface area contributed by atoms with Gasteiger partial charge in [-0.15, -0.1) is 0 Å². The van der Waals surface area contributed by atoms with E-state index in [1.54, 1.807) is 31.9 Å². The van der Waals surface area contributed by atoms with Crippen molar-refractivity contribution in [2.75, 3.05) is 12.4 Å². The van der Waals surface area contributed by atoms with E-state index < -0.39 is 0 Å². The number of para-hydroxylation sites is 1. The first-order valence-electron chi connectivity index (χ1n) is 8.43. The highest BCUT2D eigenvalue weighted by molar-refractivity contribution is 5.71. The molecule has 1 N–H and O–H groups in total. The van der Waals surface area contributed by atoms with Crippen molar-refractivity contribution in [2.45, 2.75) is 0 Å². The molecule has 6 heteroatoms. The summed E-state index contributed by atoms with van der Waals surface area (Å²) in [6.07, 6.45) is 6.87. The number of pyridine rings is 2. The Morgan fingerprint density at radius 3 is 2.44 bits per heavy atom. The molecule has 0 atom stereocenters. The van der Waals surface area contributed by atoms with Crippen LogP contribution in [-0.4, -0.2) is 27.0 Å². The maximum absolute atomic E-state index is 5.41. The van der Waals surface area contributed by atoms with Gasteiger partial charge in [-0.1, -0.05) is 24.3 Å². The van der Waals surface area contributed by atoms with E-state index in [1.807, 2.05) is 54.6 Å². The summed E-state index contributed by atoms with van der Waals surface area (Å²) in [4.78, 5) is 17.6. The lowest BCUT2D eigenvalue weighted by molar-refractivity contribution is 0.416. The SMILES string of the molecule is COc1ccccc1-c1ccc(Nc2cncc(-c3ccccn3)n2)nc1. The number of nitrogens with one attached hydrogen (secondary N) is 1. The Kier molecular flexibility index (Phi) is 4.70. The summed E-state index contributed by atoms with van der Waals surface area (Å²) in [5, 5.41) is 3.18. The molecular weight excluding hydrogens is 338 g/mol. The molecule has 0 fully saturated rings. The second-order valence-corrected chi connectivity index (χ2v) is 5.76. The Morgan fingerprint density at radius 1 is 0.778 bits per heavy atom. The summed E-state index contributed by atoms with van der Waals surface area (Å²) in [6, 6.07) is 17.4. The molecule has 0 aliphatic heterocycles. The molecule has 0 aliphatic carbocycles. The fourth-order valence-corrected chi connectivity index (χ4v) is 2.71. The van der Waals surface area contributed by atoms with Gasteiger partial charge < -0.3 is 10.1 Å². The summed E-state index contributed by atoms with van der Waals surface area (Å²) in [5.41, 5.74) is 3.45. The first kappa shape index (κ1) is 16.7. The first-order chi connectivity index (χ1) is 13.3. The Labute approximate surface area is 157 Å². The van der Waals surface area contributed by atoms with Crippen molar-refractivity contribution in [3.63, 3.8) is 0 Å². The molecule has 0 aliphatic rings. The van der Waals surface area contributed by atoms with Crippen LogP contribution in [-0.2, 0) is 0 Å². The molecule has 4 rings (SSSR count). The van der Waals surface area contributed by atoms with Crippen molar-refractivity contribution in [1.29, 1.82) is 0 Å². The summed E-state index contributed by atoms with van der Waals surface area (Å²) < 4.78 is 5.41. The van der Waals surface area contributed by atoms with Gasteiger partial charge in [0.25, 0.3) is 0 Å². The number of nitrogens with zero attached hydrogens (tertiary/aromatic N) is 4. The van der Waals surface area contributed by atoms with Crippen LogP contribution < -0.4 is 10.1 Å². The van der Waals surface area contributed by atoms with Gasteiger partial charge in [-0.2, -0.15) is 0 Å². The van der Waals surface area contributed by atoms with Crippen LogP contribution in [0.1, 0.15) is 0 Å². The lowest BCUT2D eigenvalue weighted by Gasteiger charge is -2.09. The van der Waals surface area contributed by atoms with Crippen molar-refractivity contribution in [2.24, 2.45) is 0 Å². The number of hydrogen-bond acceptors (Lipinski definition) is 6. The highest BCUT2D eigenvalue weighted by Gasteiger charge is 2.07. The van der Waals surface area contributed by atoms with Crippen LogP contribution in [0.25, 0.3) is 22.5 Å². The third-order valence-electron chi connectivity index (χ3n) is 4.00. The predicted octanol–water partition coefficient (Wildman–Crippen LogP) is 4.35. The first-order valence-corrected chi connectivity index (χ1v) is 8.43. The second-order valence-electron chi connectivity index (χ2n) is 5.76. The standard InChI is InChI=1S/C21H17N5O/c1-27-19-8-3-2-6-16(19)15-9-10-20(24-12-15)26-21-14-22-13-18(25-21)17-7-4-5-11-23-17/h2-14H,1H3,(H,24,25,26). The van der Waals surface area contributed by atoms with E-state index in [9.17, 15) is 0 Å². The quantitative estimate of drug-likeness (QED) is 0.574. The van der Waals surface area contributed by atoms with E-state index in [0.29, 0.717) is 17.3 Å². The monoisotopic (exact) mass is 355 g/mol. The van der Waals surface area contributed by atoms with Crippen molar-refractivity contribution < 1.29 is 4.74 Å². The number of hydrogen-bond donors (Lipinski definition) is 1. The molecule has 4 aromatic rings. The highest BCUT2D eigenvalue weighted by Crippen LogP contribution is 2.29. The molecule has 0 radical (unpaired) electrons. The van der Waals surface area contributed by atoms with E-state index >= 15 is 0 Å². The van der Waals surface area contributed by atoms with Crippen molar-refractivity contribution in [3.05, 3.63) is 79.4 Å². The fraction of sp³-hybridized carbons (Fsp3) is 0.0476. The molecule has 0 unspecified atom stereocenters. The number of aromatic nitrogens is 4. The zero-order chi connectivity index (χ0) is 18.5. The molecule has 0 bridgehead atoms. The second kappa shape index (κ2) is 7.61. The van der Waals surface area contributed by atoms with Crippen LogP contribution in [0, 0.1) is 0 Å². The predicted molar refractivity (Wildman–Crippen MR) is 105 cm³/mol. The van der Waals surface area contributed by atoms with E-state index in [-0.39, 0.29) is 0 Å². The molecule has 0 amide bonds. The third kappa shape index (κ3) is 3.74. The fourth-order valence-electron chi connectivity index (χ4n) is 2.71. The van der Waals surface area contributed by atoms with Gasteiger partial charge in [0.15, 0.2) is 5.82 Å². The number of ether oxygens (including phenoxy) is 1. The molecule has 132 valence electrons. The minimum atomic E-state index is 0.607. The smallest absolute Gasteiger partial charge is 0.150 e. The van der Waals surface area contributed by atoms with Crippen LogP contribution in [0.4, 0.5) is 11.6 Å². The Bertz CT molecular complexity index is 1040. The van der Waals surface area contributed by atoms with Gasteiger partial charge in [0.05, 0.1) is 25.2 Å². The minimum Gasteiger partial charge on any atom is -0.496 e. The van der Waals surface area contributed by atoms with Gasteiger partial charge in [-0.05, 0) is 30.3 Å². The molecule has 3 heterocycles. The van der Waals surface area contributed by atoms with Crippen LogP contribution in [0.3, 0.4) is 0 Å². The average molecular weight is 355 g/mol. The molecule has 0 spiro atoms. The molecule has 27 heavy (non-hydrogen) atoms. The van der Waals surface area contributed by atoms with Gasteiger partial charge in [0, 0.05) is 23.5 Å². The molecule has 3 aromatic heterocycles. The van der Waals surface area contributed by atoms with Crippen molar-refractivity contribution in [3.8, 4) is 28.3 Å².